The Kier molecular flexibility index (Phi) is 9.46. The van der Waals surface area contributed by atoms with Crippen LogP contribution in [-0.2, 0) is 0 Å². The fourth-order valence-electron chi connectivity index (χ4n) is 6.51. The van der Waals surface area contributed by atoms with E-state index >= 15 is 0 Å². The Morgan fingerprint density at radius 1 is 0.907 bits per heavy atom. The third-order valence-electron chi connectivity index (χ3n) is 8.54. The summed E-state index contributed by atoms with van der Waals surface area (Å²) < 4.78 is 5.93. The Morgan fingerprint density at radius 3 is 2.21 bits per heavy atom. The second-order valence-corrected chi connectivity index (χ2v) is 10.8. The first-order chi connectivity index (χ1) is 21.1. The van der Waals surface area contributed by atoms with E-state index in [9.17, 15) is 14.7 Å². The van der Waals surface area contributed by atoms with Crippen molar-refractivity contribution in [3.8, 4) is 11.3 Å². The molecule has 2 fully saturated rings. The first-order valence-electron chi connectivity index (χ1n) is 15.8. The van der Waals surface area contributed by atoms with Gasteiger partial charge in [-0.25, -0.2) is 4.79 Å². The minimum absolute atomic E-state index is 0.0791. The van der Waals surface area contributed by atoms with Crippen LogP contribution in [0.25, 0.3) is 22.2 Å². The second-order valence-electron chi connectivity index (χ2n) is 10.8. The quantitative estimate of drug-likeness (QED) is 0.215. The third kappa shape index (κ3) is 5.76. The zero-order chi connectivity index (χ0) is 30.5. The van der Waals surface area contributed by atoms with E-state index in [1.165, 1.54) is 32.1 Å². The van der Waals surface area contributed by atoms with Gasteiger partial charge in [0, 0.05) is 49.0 Å². The standard InChI is InChI=1S/C31H30N4O4.2C2H6/c36-29-22-8-4-5-9-23(22)30-27-26(29)24(32-20-12-10-19(11-13-20)31(37)38)18-25(28(27)33-39-30)35-16-14-34(15-17-35)21-6-2-1-3-7-21;2*1-2/h4-5,8-13,18,21,32H,1-3,6-7,14-17H2,(H,37,38);2*1-2H3. The Balaban J connectivity index is 0.000000885. The average Bonchev–Trinajstić information content (AvgIpc) is 3.52. The number of carboxylic acid groups (broad SMARTS) is 1. The molecule has 1 aliphatic heterocycles. The zero-order valence-corrected chi connectivity index (χ0v) is 25.7. The minimum Gasteiger partial charge on any atom is -0.478 e. The van der Waals surface area contributed by atoms with Crippen LogP contribution >= 0.6 is 0 Å². The number of piperazine rings is 1. The van der Waals surface area contributed by atoms with Gasteiger partial charge in [0.05, 0.1) is 27.9 Å². The van der Waals surface area contributed by atoms with Gasteiger partial charge in [0.25, 0.3) is 0 Å². The number of aromatic carboxylic acids is 1. The highest BCUT2D eigenvalue weighted by atomic mass is 16.5. The highest BCUT2D eigenvalue weighted by Gasteiger charge is 2.34. The predicted molar refractivity (Wildman–Crippen MR) is 173 cm³/mol. The zero-order valence-electron chi connectivity index (χ0n) is 25.7. The van der Waals surface area contributed by atoms with Crippen LogP contribution in [0.5, 0.6) is 0 Å². The monoisotopic (exact) mass is 582 g/mol. The van der Waals surface area contributed by atoms with Crippen molar-refractivity contribution in [3.63, 3.8) is 0 Å². The van der Waals surface area contributed by atoms with Gasteiger partial charge in [0.2, 0.25) is 0 Å². The smallest absolute Gasteiger partial charge is 0.335 e. The summed E-state index contributed by atoms with van der Waals surface area (Å²) >= 11 is 0. The maximum absolute atomic E-state index is 13.8. The van der Waals surface area contributed by atoms with Crippen molar-refractivity contribution < 1.29 is 19.2 Å². The van der Waals surface area contributed by atoms with Crippen LogP contribution in [0.15, 0.2) is 59.1 Å². The normalized spacial score (nSPS) is 16.5. The molecule has 0 radical (unpaired) electrons. The molecular weight excluding hydrogens is 540 g/mol. The summed E-state index contributed by atoms with van der Waals surface area (Å²) in [5, 5.41) is 18.0. The molecule has 0 spiro atoms. The molecule has 43 heavy (non-hydrogen) atoms. The van der Waals surface area contributed by atoms with Gasteiger partial charge in [0.15, 0.2) is 11.5 Å². The van der Waals surface area contributed by atoms with Crippen LogP contribution in [0, 0.1) is 0 Å². The summed E-state index contributed by atoms with van der Waals surface area (Å²) in [6, 6.07) is 16.7. The SMILES string of the molecule is CC.CC.O=C(O)c1ccc(Nc2cc(N3CCN(C4CCCCC4)CC3)c3noc4c3c2C(=O)c2ccccc2-4)cc1. The molecule has 0 unspecified atom stereocenters. The van der Waals surface area contributed by atoms with Gasteiger partial charge in [-0.3, -0.25) is 9.69 Å². The molecule has 0 amide bonds. The second kappa shape index (κ2) is 13.4. The molecule has 1 saturated heterocycles. The average molecular weight is 583 g/mol. The minimum atomic E-state index is -0.978. The lowest BCUT2D eigenvalue weighted by Gasteiger charge is -2.41. The summed E-state index contributed by atoms with van der Waals surface area (Å²) in [6.45, 7) is 11.8. The van der Waals surface area contributed by atoms with Crippen LogP contribution in [-0.4, -0.2) is 59.1 Å². The first-order valence-corrected chi connectivity index (χ1v) is 15.8. The number of carboxylic acids is 1. The number of fused-ring (bicyclic) bond motifs is 2. The molecule has 8 heteroatoms. The van der Waals surface area contributed by atoms with Crippen LogP contribution < -0.4 is 10.2 Å². The van der Waals surface area contributed by atoms with Crippen molar-refractivity contribution in [2.45, 2.75) is 65.8 Å². The summed E-state index contributed by atoms with van der Waals surface area (Å²) in [5.74, 6) is -0.444. The number of rotatable bonds is 5. The molecule has 2 aliphatic carbocycles. The molecule has 3 aromatic carbocycles. The number of carbonyl (C=O) groups excluding carboxylic acids is 1. The highest BCUT2D eigenvalue weighted by molar-refractivity contribution is 6.28. The van der Waals surface area contributed by atoms with E-state index in [0.29, 0.717) is 39.8 Å². The van der Waals surface area contributed by atoms with Gasteiger partial charge in [0.1, 0.15) is 5.52 Å². The summed E-state index contributed by atoms with van der Waals surface area (Å²) in [7, 11) is 0. The number of nitrogens with zero attached hydrogens (tertiary/aromatic N) is 3. The third-order valence-corrected chi connectivity index (χ3v) is 8.54. The molecule has 8 nitrogen and oxygen atoms in total. The number of ketones is 1. The van der Waals surface area contributed by atoms with E-state index in [0.717, 1.165) is 42.8 Å². The number of anilines is 3. The van der Waals surface area contributed by atoms with Crippen LogP contribution in [0.2, 0.25) is 0 Å². The van der Waals surface area contributed by atoms with Gasteiger partial charge in [-0.15, -0.1) is 0 Å². The van der Waals surface area contributed by atoms with Gasteiger partial charge in [-0.1, -0.05) is 76.4 Å². The Morgan fingerprint density at radius 2 is 1.56 bits per heavy atom. The van der Waals surface area contributed by atoms with Gasteiger partial charge >= 0.3 is 5.97 Å². The number of hydrogen-bond acceptors (Lipinski definition) is 7. The maximum atomic E-state index is 13.8. The molecule has 0 bridgehead atoms. The van der Waals surface area contributed by atoms with Crippen molar-refractivity contribution in [2.24, 2.45) is 0 Å². The fraction of sp³-hybridized carbons (Fsp3) is 0.400. The van der Waals surface area contributed by atoms with Crippen molar-refractivity contribution >= 4 is 39.7 Å². The number of benzene rings is 3. The number of carbonyl (C=O) groups is 2. The number of nitrogens with one attached hydrogen (secondary N) is 1. The molecule has 0 atom stereocenters. The van der Waals surface area contributed by atoms with E-state index < -0.39 is 5.97 Å². The molecule has 4 aromatic rings. The van der Waals surface area contributed by atoms with Gasteiger partial charge in [-0.05, 0) is 43.2 Å². The van der Waals surface area contributed by atoms with E-state index in [-0.39, 0.29) is 11.3 Å². The van der Waals surface area contributed by atoms with Gasteiger partial charge in [-0.2, -0.15) is 0 Å². The van der Waals surface area contributed by atoms with Crippen molar-refractivity contribution in [1.29, 1.82) is 0 Å². The lowest BCUT2D eigenvalue weighted by atomic mass is 9.86. The van der Waals surface area contributed by atoms with E-state index in [4.69, 9.17) is 4.52 Å². The van der Waals surface area contributed by atoms with Crippen LogP contribution in [0.3, 0.4) is 0 Å². The van der Waals surface area contributed by atoms with Crippen LogP contribution in [0.4, 0.5) is 17.1 Å². The van der Waals surface area contributed by atoms with Crippen molar-refractivity contribution in [1.82, 2.24) is 10.1 Å². The molecule has 2 N–H and O–H groups in total. The molecule has 1 aromatic heterocycles. The maximum Gasteiger partial charge on any atom is 0.335 e. The predicted octanol–water partition coefficient (Wildman–Crippen LogP) is 7.99. The first kappa shape index (κ1) is 30.3. The fourth-order valence-corrected chi connectivity index (χ4v) is 6.51. The molecule has 2 heterocycles. The molecular formula is C35H42N4O4. The summed E-state index contributed by atoms with van der Waals surface area (Å²) in [5.41, 5.74) is 5.11. The van der Waals surface area contributed by atoms with Crippen molar-refractivity contribution in [2.75, 3.05) is 36.4 Å². The topological polar surface area (TPSA) is 98.9 Å². The van der Waals surface area contributed by atoms with Crippen molar-refractivity contribution in [3.05, 3.63) is 71.3 Å². The van der Waals surface area contributed by atoms with E-state index in [2.05, 4.69) is 20.3 Å². The Labute approximate surface area is 253 Å². The molecule has 7 rings (SSSR count). The lowest BCUT2D eigenvalue weighted by Crippen LogP contribution is -2.51. The summed E-state index contributed by atoms with van der Waals surface area (Å²) in [4.78, 5) is 30.2. The van der Waals surface area contributed by atoms with E-state index in [1.807, 2.05) is 58.0 Å². The summed E-state index contributed by atoms with van der Waals surface area (Å²) in [6.07, 6.45) is 6.59. The van der Waals surface area contributed by atoms with Gasteiger partial charge < -0.3 is 19.8 Å². The molecule has 1 saturated carbocycles. The Hall–Kier alpha value is -4.17. The molecule has 226 valence electrons. The Bertz CT molecular complexity index is 1580. The van der Waals surface area contributed by atoms with E-state index in [1.54, 1.807) is 24.3 Å². The van der Waals surface area contributed by atoms with Crippen LogP contribution in [0.1, 0.15) is 86.1 Å². The lowest BCUT2D eigenvalue weighted by molar-refractivity contribution is 0.0696. The number of aromatic nitrogens is 1. The largest absolute Gasteiger partial charge is 0.478 e. The highest BCUT2D eigenvalue weighted by Crippen LogP contribution is 2.46. The molecule has 3 aliphatic rings. The number of hydrogen-bond donors (Lipinski definition) is 2.